The number of fused-ring (bicyclic) bond motifs is 1. The molecule has 0 unspecified atom stereocenters. The lowest BCUT2D eigenvalue weighted by atomic mass is 10.3. The lowest BCUT2D eigenvalue weighted by Gasteiger charge is -2.09. The van der Waals surface area contributed by atoms with Gasteiger partial charge in [0.05, 0.1) is 5.69 Å². The summed E-state index contributed by atoms with van der Waals surface area (Å²) in [5.41, 5.74) is 11.9. The third-order valence-electron chi connectivity index (χ3n) is 2.29. The molecule has 110 valence electrons. The van der Waals surface area contributed by atoms with Crippen LogP contribution in [0.5, 0.6) is 11.5 Å². The Labute approximate surface area is 118 Å². The number of benzene rings is 1. The van der Waals surface area contributed by atoms with Crippen molar-refractivity contribution in [2.75, 3.05) is 20.9 Å². The summed E-state index contributed by atoms with van der Waals surface area (Å²) in [5, 5.41) is 0. The molecule has 0 aliphatic carbocycles. The van der Waals surface area contributed by atoms with Gasteiger partial charge < -0.3 is 25.8 Å². The lowest BCUT2D eigenvalue weighted by Crippen LogP contribution is -2.32. The minimum Gasteiger partial charge on any atom is -0.454 e. The van der Waals surface area contributed by atoms with E-state index < -0.39 is 0 Å². The number of rotatable bonds is 1. The van der Waals surface area contributed by atoms with Crippen LogP contribution < -0.4 is 20.9 Å². The quantitative estimate of drug-likeness (QED) is 0.595. The Balaban J connectivity index is 0.000000956. The fourth-order valence-corrected chi connectivity index (χ4v) is 1.33. The Kier molecular flexibility index (Phi) is 5.64. The predicted molar refractivity (Wildman–Crippen MR) is 80.5 cm³/mol. The third-order valence-corrected chi connectivity index (χ3v) is 2.29. The molecule has 0 saturated heterocycles. The highest BCUT2D eigenvalue weighted by Crippen LogP contribution is 2.35. The molecule has 1 heterocycles. The Morgan fingerprint density at radius 1 is 1.15 bits per heavy atom. The van der Waals surface area contributed by atoms with E-state index in [0.717, 1.165) is 0 Å². The van der Waals surface area contributed by atoms with Gasteiger partial charge in [0.15, 0.2) is 17.5 Å². The Morgan fingerprint density at radius 3 is 2.45 bits per heavy atom. The molecule has 7 heteroatoms. The molecule has 0 radical (unpaired) electrons. The molecule has 0 bridgehead atoms. The Hall–Kier alpha value is -2.44. The SMILES string of the molecule is CC.CN(C)/C(N)=N/C(N)=Nc1ccc2c(c1)OCO2. The van der Waals surface area contributed by atoms with Crippen LogP contribution in [0.3, 0.4) is 0 Å². The molecular formula is C13H21N5O2. The van der Waals surface area contributed by atoms with Crippen LogP contribution in [0, 0.1) is 0 Å². The second kappa shape index (κ2) is 7.22. The van der Waals surface area contributed by atoms with Gasteiger partial charge in [-0.3, -0.25) is 0 Å². The number of ether oxygens (including phenoxy) is 2. The molecule has 4 N–H and O–H groups in total. The Morgan fingerprint density at radius 2 is 1.80 bits per heavy atom. The van der Waals surface area contributed by atoms with E-state index in [9.17, 15) is 0 Å². The van der Waals surface area contributed by atoms with Gasteiger partial charge >= 0.3 is 0 Å². The summed E-state index contributed by atoms with van der Waals surface area (Å²) in [5.74, 6) is 1.72. The zero-order chi connectivity index (χ0) is 15.1. The molecule has 0 fully saturated rings. The second-order valence-electron chi connectivity index (χ2n) is 3.87. The molecular weight excluding hydrogens is 258 g/mol. The highest BCUT2D eigenvalue weighted by atomic mass is 16.7. The van der Waals surface area contributed by atoms with Crippen LogP contribution in [0.2, 0.25) is 0 Å². The van der Waals surface area contributed by atoms with Crippen molar-refractivity contribution in [2.45, 2.75) is 13.8 Å². The molecule has 1 aliphatic rings. The van der Waals surface area contributed by atoms with Crippen molar-refractivity contribution in [3.8, 4) is 11.5 Å². The first-order valence-corrected chi connectivity index (χ1v) is 6.31. The number of hydrogen-bond donors (Lipinski definition) is 2. The van der Waals surface area contributed by atoms with E-state index >= 15 is 0 Å². The van der Waals surface area contributed by atoms with E-state index in [1.54, 1.807) is 37.2 Å². The summed E-state index contributed by atoms with van der Waals surface area (Å²) >= 11 is 0. The average Bonchev–Trinajstić information content (AvgIpc) is 2.88. The van der Waals surface area contributed by atoms with Crippen molar-refractivity contribution in [1.82, 2.24) is 4.90 Å². The molecule has 1 aromatic rings. The van der Waals surface area contributed by atoms with Gasteiger partial charge in [-0.15, -0.1) is 0 Å². The van der Waals surface area contributed by atoms with Crippen LogP contribution in [-0.4, -0.2) is 37.7 Å². The zero-order valence-electron chi connectivity index (χ0n) is 12.3. The topological polar surface area (TPSA) is 98.5 Å². The minimum absolute atomic E-state index is 0.0834. The minimum atomic E-state index is 0.0834. The van der Waals surface area contributed by atoms with E-state index in [2.05, 4.69) is 9.98 Å². The molecule has 1 aromatic carbocycles. The highest BCUT2D eigenvalue weighted by molar-refractivity contribution is 5.94. The summed E-state index contributed by atoms with van der Waals surface area (Å²) < 4.78 is 10.4. The molecule has 20 heavy (non-hydrogen) atoms. The zero-order valence-corrected chi connectivity index (χ0v) is 12.3. The van der Waals surface area contributed by atoms with Crippen LogP contribution in [0.1, 0.15) is 13.8 Å². The van der Waals surface area contributed by atoms with Gasteiger partial charge in [0, 0.05) is 20.2 Å². The smallest absolute Gasteiger partial charge is 0.231 e. The molecule has 0 spiro atoms. The fraction of sp³-hybridized carbons (Fsp3) is 0.385. The van der Waals surface area contributed by atoms with Gasteiger partial charge in [-0.25, -0.2) is 4.99 Å². The van der Waals surface area contributed by atoms with Crippen molar-refractivity contribution in [1.29, 1.82) is 0 Å². The summed E-state index contributed by atoms with van der Waals surface area (Å²) in [4.78, 5) is 9.71. The molecule has 0 amide bonds. The predicted octanol–water partition coefficient (Wildman–Crippen LogP) is 1.26. The van der Waals surface area contributed by atoms with E-state index in [1.165, 1.54) is 0 Å². The number of nitrogens with zero attached hydrogens (tertiary/aromatic N) is 3. The monoisotopic (exact) mass is 279 g/mol. The molecule has 0 aromatic heterocycles. The number of aliphatic imine (C=N–C) groups is 2. The summed E-state index contributed by atoms with van der Waals surface area (Å²) in [6, 6.07) is 5.27. The van der Waals surface area contributed by atoms with Crippen LogP contribution in [0.25, 0.3) is 0 Å². The first kappa shape index (κ1) is 15.6. The fourth-order valence-electron chi connectivity index (χ4n) is 1.33. The van der Waals surface area contributed by atoms with E-state index in [4.69, 9.17) is 20.9 Å². The second-order valence-corrected chi connectivity index (χ2v) is 3.87. The number of hydrogen-bond acceptors (Lipinski definition) is 3. The molecule has 1 aliphatic heterocycles. The van der Waals surface area contributed by atoms with Gasteiger partial charge in [0.25, 0.3) is 0 Å². The van der Waals surface area contributed by atoms with Gasteiger partial charge in [-0.2, -0.15) is 4.99 Å². The van der Waals surface area contributed by atoms with Crippen LogP contribution in [0.4, 0.5) is 5.69 Å². The van der Waals surface area contributed by atoms with E-state index in [-0.39, 0.29) is 18.7 Å². The van der Waals surface area contributed by atoms with Crippen molar-refractivity contribution in [3.63, 3.8) is 0 Å². The van der Waals surface area contributed by atoms with Crippen LogP contribution in [0.15, 0.2) is 28.2 Å². The largest absolute Gasteiger partial charge is 0.454 e. The van der Waals surface area contributed by atoms with Crippen LogP contribution in [-0.2, 0) is 0 Å². The lowest BCUT2D eigenvalue weighted by molar-refractivity contribution is 0.174. The van der Waals surface area contributed by atoms with Crippen molar-refractivity contribution in [2.24, 2.45) is 21.5 Å². The van der Waals surface area contributed by atoms with Crippen molar-refractivity contribution >= 4 is 17.6 Å². The normalized spacial score (nSPS) is 13.6. The summed E-state index contributed by atoms with van der Waals surface area (Å²) in [6.07, 6.45) is 0. The third kappa shape index (κ3) is 4.04. The van der Waals surface area contributed by atoms with Gasteiger partial charge in [0.2, 0.25) is 12.8 Å². The number of guanidine groups is 2. The molecule has 2 rings (SSSR count). The maximum absolute atomic E-state index is 5.67. The summed E-state index contributed by atoms with van der Waals surface area (Å²) in [6.45, 7) is 4.23. The molecule has 0 atom stereocenters. The average molecular weight is 279 g/mol. The number of nitrogens with two attached hydrogens (primary N) is 2. The molecule has 0 saturated carbocycles. The van der Waals surface area contributed by atoms with E-state index in [1.807, 2.05) is 13.8 Å². The first-order valence-electron chi connectivity index (χ1n) is 6.31. The van der Waals surface area contributed by atoms with E-state index in [0.29, 0.717) is 17.2 Å². The highest BCUT2D eigenvalue weighted by Gasteiger charge is 2.12. The van der Waals surface area contributed by atoms with Crippen molar-refractivity contribution in [3.05, 3.63) is 18.2 Å². The first-order chi connectivity index (χ1) is 9.56. The maximum atomic E-state index is 5.67. The van der Waals surface area contributed by atoms with Gasteiger partial charge in [-0.1, -0.05) is 13.8 Å². The van der Waals surface area contributed by atoms with Crippen LogP contribution >= 0.6 is 0 Å². The van der Waals surface area contributed by atoms with Gasteiger partial charge in [-0.05, 0) is 12.1 Å². The van der Waals surface area contributed by atoms with Gasteiger partial charge in [0.1, 0.15) is 0 Å². The Bertz CT molecular complexity index is 511. The van der Waals surface area contributed by atoms with Crippen molar-refractivity contribution < 1.29 is 9.47 Å². The molecule has 7 nitrogen and oxygen atoms in total. The maximum Gasteiger partial charge on any atom is 0.231 e. The standard InChI is InChI=1S/C11H15N5O2.C2H6/c1-16(2)11(13)15-10(12)14-7-3-4-8-9(5-7)18-6-17-8;1-2/h3-5H,6H2,1-2H3,(H4,12,13,14,15);1-2H3. The summed E-state index contributed by atoms with van der Waals surface area (Å²) in [7, 11) is 3.54.